The van der Waals surface area contributed by atoms with Gasteiger partial charge in [0.2, 0.25) is 5.91 Å². The van der Waals surface area contributed by atoms with Crippen molar-refractivity contribution in [1.29, 1.82) is 0 Å². The van der Waals surface area contributed by atoms with Crippen molar-refractivity contribution in [3.63, 3.8) is 0 Å². The minimum absolute atomic E-state index is 0.0303. The van der Waals surface area contributed by atoms with Crippen molar-refractivity contribution in [3.8, 4) is 12.3 Å². The number of nitrogens with one attached hydrogen (secondary N) is 1. The van der Waals surface area contributed by atoms with E-state index in [2.05, 4.69) is 11.2 Å². The van der Waals surface area contributed by atoms with Gasteiger partial charge in [-0.3, -0.25) is 9.59 Å². The summed E-state index contributed by atoms with van der Waals surface area (Å²) in [7, 11) is 0. The van der Waals surface area contributed by atoms with Crippen molar-refractivity contribution in [2.24, 2.45) is 0 Å². The SMILES string of the molecule is C#CCCNC(=O)CCCC(=O)O. The Labute approximate surface area is 77.3 Å². The smallest absolute Gasteiger partial charge is 0.303 e. The average Bonchev–Trinajstić information content (AvgIpc) is 2.04. The first-order valence-corrected chi connectivity index (χ1v) is 4.08. The minimum Gasteiger partial charge on any atom is -0.481 e. The van der Waals surface area contributed by atoms with Gasteiger partial charge in [-0.2, -0.15) is 0 Å². The third kappa shape index (κ3) is 8.41. The number of carboxylic acids is 1. The molecule has 0 radical (unpaired) electrons. The lowest BCUT2D eigenvalue weighted by molar-refractivity contribution is -0.137. The van der Waals surface area contributed by atoms with Gasteiger partial charge in [-0.1, -0.05) is 0 Å². The molecule has 0 bridgehead atoms. The van der Waals surface area contributed by atoms with Gasteiger partial charge in [-0.25, -0.2) is 0 Å². The van der Waals surface area contributed by atoms with E-state index in [9.17, 15) is 9.59 Å². The minimum atomic E-state index is -0.878. The molecule has 4 heteroatoms. The second-order valence-corrected chi connectivity index (χ2v) is 2.55. The molecule has 0 rings (SSSR count). The average molecular weight is 183 g/mol. The van der Waals surface area contributed by atoms with Crippen LogP contribution < -0.4 is 5.32 Å². The van der Waals surface area contributed by atoms with Crippen LogP contribution in [0.15, 0.2) is 0 Å². The summed E-state index contributed by atoms with van der Waals surface area (Å²) in [6.07, 6.45) is 6.13. The number of carboxylic acid groups (broad SMARTS) is 1. The topological polar surface area (TPSA) is 66.4 Å². The van der Waals surface area contributed by atoms with Crippen molar-refractivity contribution in [2.75, 3.05) is 6.54 Å². The lowest BCUT2D eigenvalue weighted by Crippen LogP contribution is -2.23. The van der Waals surface area contributed by atoms with E-state index in [1.807, 2.05) is 0 Å². The Hall–Kier alpha value is -1.50. The summed E-state index contributed by atoms with van der Waals surface area (Å²) in [5, 5.41) is 10.9. The Morgan fingerprint density at radius 2 is 2.08 bits per heavy atom. The van der Waals surface area contributed by atoms with Gasteiger partial charge in [0.05, 0.1) is 0 Å². The molecule has 0 saturated carbocycles. The number of hydrogen-bond donors (Lipinski definition) is 2. The van der Waals surface area contributed by atoms with Gasteiger partial charge < -0.3 is 10.4 Å². The Balaban J connectivity index is 3.31. The van der Waals surface area contributed by atoms with Crippen molar-refractivity contribution >= 4 is 11.9 Å². The van der Waals surface area contributed by atoms with E-state index in [1.165, 1.54) is 0 Å². The molecule has 0 unspecified atom stereocenters. The maximum atomic E-state index is 10.9. The summed E-state index contributed by atoms with van der Waals surface area (Å²) >= 11 is 0. The van der Waals surface area contributed by atoms with E-state index in [4.69, 9.17) is 11.5 Å². The maximum absolute atomic E-state index is 10.9. The van der Waals surface area contributed by atoms with E-state index in [-0.39, 0.29) is 18.7 Å². The molecule has 0 atom stereocenters. The van der Waals surface area contributed by atoms with Crippen molar-refractivity contribution in [3.05, 3.63) is 0 Å². The van der Waals surface area contributed by atoms with Crippen molar-refractivity contribution in [2.45, 2.75) is 25.7 Å². The van der Waals surface area contributed by atoms with Crippen LogP contribution in [0.2, 0.25) is 0 Å². The molecule has 0 aliphatic rings. The Morgan fingerprint density at radius 1 is 1.38 bits per heavy atom. The first kappa shape index (κ1) is 11.5. The predicted octanol–water partition coefficient (Wildman–Crippen LogP) is 0.381. The number of terminal acetylenes is 1. The fraction of sp³-hybridized carbons (Fsp3) is 0.556. The van der Waals surface area contributed by atoms with Crippen LogP contribution in [-0.4, -0.2) is 23.5 Å². The van der Waals surface area contributed by atoms with Crippen LogP contribution >= 0.6 is 0 Å². The highest BCUT2D eigenvalue weighted by molar-refractivity contribution is 5.76. The molecule has 0 aromatic heterocycles. The van der Waals surface area contributed by atoms with Crippen LogP contribution in [0.4, 0.5) is 0 Å². The number of aliphatic carboxylic acids is 1. The van der Waals surface area contributed by atoms with Gasteiger partial charge >= 0.3 is 5.97 Å². The molecule has 0 aromatic rings. The van der Waals surface area contributed by atoms with Crippen LogP contribution in [0.1, 0.15) is 25.7 Å². The highest BCUT2D eigenvalue weighted by atomic mass is 16.4. The number of carbonyl (C=O) groups excluding carboxylic acids is 1. The fourth-order valence-electron chi connectivity index (χ4n) is 0.763. The van der Waals surface area contributed by atoms with Crippen LogP contribution in [0.25, 0.3) is 0 Å². The second-order valence-electron chi connectivity index (χ2n) is 2.55. The molecule has 0 saturated heterocycles. The molecule has 0 spiro atoms. The first-order chi connectivity index (χ1) is 6.16. The zero-order valence-corrected chi connectivity index (χ0v) is 7.38. The number of rotatable bonds is 6. The molecular weight excluding hydrogens is 170 g/mol. The van der Waals surface area contributed by atoms with E-state index in [1.54, 1.807) is 0 Å². The molecule has 1 amide bonds. The molecule has 0 fully saturated rings. The second kappa shape index (κ2) is 7.17. The van der Waals surface area contributed by atoms with Gasteiger partial charge in [-0.05, 0) is 6.42 Å². The predicted molar refractivity (Wildman–Crippen MR) is 47.9 cm³/mol. The standard InChI is InChI=1S/C9H13NO3/c1-2-3-7-10-8(11)5-4-6-9(12)13/h1H,3-7H2,(H,10,11)(H,12,13). The number of hydrogen-bond acceptors (Lipinski definition) is 2. The van der Waals surface area contributed by atoms with Crippen LogP contribution in [0.5, 0.6) is 0 Å². The quantitative estimate of drug-likeness (QED) is 0.462. The summed E-state index contributed by atoms with van der Waals surface area (Å²) in [4.78, 5) is 21.0. The molecule has 4 nitrogen and oxygen atoms in total. The van der Waals surface area contributed by atoms with E-state index in [0.29, 0.717) is 19.4 Å². The lowest BCUT2D eigenvalue weighted by Gasteiger charge is -2.00. The van der Waals surface area contributed by atoms with Gasteiger partial charge in [0.1, 0.15) is 0 Å². The molecule has 2 N–H and O–H groups in total. The monoisotopic (exact) mass is 183 g/mol. The Kier molecular flexibility index (Phi) is 6.34. The molecule has 13 heavy (non-hydrogen) atoms. The molecule has 0 aliphatic carbocycles. The largest absolute Gasteiger partial charge is 0.481 e. The zero-order chi connectivity index (χ0) is 10.1. The van der Waals surface area contributed by atoms with Gasteiger partial charge in [-0.15, -0.1) is 12.3 Å². The Morgan fingerprint density at radius 3 is 2.62 bits per heavy atom. The van der Waals surface area contributed by atoms with Gasteiger partial charge in [0, 0.05) is 25.8 Å². The number of amides is 1. The zero-order valence-electron chi connectivity index (χ0n) is 7.38. The summed E-state index contributed by atoms with van der Waals surface area (Å²) in [6.45, 7) is 0.461. The lowest BCUT2D eigenvalue weighted by atomic mass is 10.2. The fourth-order valence-corrected chi connectivity index (χ4v) is 0.763. The Bertz CT molecular complexity index is 217. The summed E-state index contributed by atoms with van der Waals surface area (Å²) in [6, 6.07) is 0. The summed E-state index contributed by atoms with van der Waals surface area (Å²) < 4.78 is 0. The van der Waals surface area contributed by atoms with Crippen LogP contribution in [0, 0.1) is 12.3 Å². The molecule has 0 aliphatic heterocycles. The first-order valence-electron chi connectivity index (χ1n) is 4.08. The maximum Gasteiger partial charge on any atom is 0.303 e. The van der Waals surface area contributed by atoms with Crippen LogP contribution in [0.3, 0.4) is 0 Å². The highest BCUT2D eigenvalue weighted by Crippen LogP contribution is 1.94. The highest BCUT2D eigenvalue weighted by Gasteiger charge is 2.02. The summed E-state index contributed by atoms with van der Waals surface area (Å²) in [5.41, 5.74) is 0. The molecule has 72 valence electrons. The summed E-state index contributed by atoms with van der Waals surface area (Å²) in [5.74, 6) is 1.37. The van der Waals surface area contributed by atoms with Crippen LogP contribution in [-0.2, 0) is 9.59 Å². The van der Waals surface area contributed by atoms with E-state index < -0.39 is 5.97 Å². The van der Waals surface area contributed by atoms with Gasteiger partial charge in [0.15, 0.2) is 0 Å². The van der Waals surface area contributed by atoms with Gasteiger partial charge in [0.25, 0.3) is 0 Å². The normalized spacial score (nSPS) is 8.85. The van der Waals surface area contributed by atoms with E-state index in [0.717, 1.165) is 0 Å². The third-order valence-corrected chi connectivity index (χ3v) is 1.39. The van der Waals surface area contributed by atoms with E-state index >= 15 is 0 Å². The van der Waals surface area contributed by atoms with Crippen molar-refractivity contribution in [1.82, 2.24) is 5.32 Å². The van der Waals surface area contributed by atoms with Crippen molar-refractivity contribution < 1.29 is 14.7 Å². The molecular formula is C9H13NO3. The third-order valence-electron chi connectivity index (χ3n) is 1.39. The molecule has 0 aromatic carbocycles. The molecule has 0 heterocycles. The number of carbonyl (C=O) groups is 2.